The minimum atomic E-state index is 0. The van der Waals surface area contributed by atoms with Gasteiger partial charge >= 0.3 is 26.2 Å². The zero-order valence-corrected chi connectivity index (χ0v) is 17.8. The predicted molar refractivity (Wildman–Crippen MR) is 92.2 cm³/mol. The molecule has 0 atom stereocenters. The second kappa shape index (κ2) is 12.3. The van der Waals surface area contributed by atoms with Gasteiger partial charge in [0.05, 0.1) is 0 Å². The average molecular weight is 445 g/mol. The van der Waals surface area contributed by atoms with Gasteiger partial charge in [0, 0.05) is 6.42 Å². The Kier molecular flexibility index (Phi) is 11.8. The third kappa shape index (κ3) is 6.00. The van der Waals surface area contributed by atoms with Gasteiger partial charge in [0.1, 0.15) is 0 Å². The number of halogens is 2. The van der Waals surface area contributed by atoms with Crippen LogP contribution in [0, 0.1) is 24.5 Å². The number of benzene rings is 2. The van der Waals surface area contributed by atoms with Crippen LogP contribution in [0.4, 0.5) is 0 Å². The molecule has 25 heavy (non-hydrogen) atoms. The van der Waals surface area contributed by atoms with Crippen molar-refractivity contribution in [1.29, 1.82) is 0 Å². The van der Waals surface area contributed by atoms with E-state index in [2.05, 4.69) is 54.5 Å². The Morgan fingerprint density at radius 1 is 1.12 bits per heavy atom. The number of hydrogen-bond donors (Lipinski definition) is 0. The van der Waals surface area contributed by atoms with Crippen LogP contribution in [-0.2, 0) is 39.0 Å². The summed E-state index contributed by atoms with van der Waals surface area (Å²) < 4.78 is 0. The van der Waals surface area contributed by atoms with E-state index < -0.39 is 0 Å². The smallest absolute Gasteiger partial charge is 1.00 e. The largest absolute Gasteiger partial charge is 4.00 e. The molecule has 2 aliphatic rings. The normalized spacial score (nSPS) is 11.5. The molecule has 0 spiro atoms. The molecule has 3 heteroatoms. The van der Waals surface area contributed by atoms with Crippen molar-refractivity contribution in [3.8, 4) is 23.5 Å². The fraction of sp³-hybridized carbons (Fsp3) is 0.182. The molecule has 0 aromatic heterocycles. The number of aryl methyl sites for hydroxylation is 1. The van der Waals surface area contributed by atoms with Gasteiger partial charge < -0.3 is 24.8 Å². The van der Waals surface area contributed by atoms with E-state index in [1.807, 2.05) is 18.2 Å². The first-order valence-corrected chi connectivity index (χ1v) is 7.66. The number of hydrogen-bond acceptors (Lipinski definition) is 0. The standard InChI is InChI=1S/C17H13.C5H5.2ClH.Zr/c1-2-3-7-13-9-6-10-15-12-14-8-4-5-11-16(14)17(13)15;1-2-4-5-3-1;;;/h1,4-6,8-9,11H,3,7,12H2;1-3H,4H2;2*1H;/q2*-1;;;+4/p-2. The van der Waals surface area contributed by atoms with E-state index in [4.69, 9.17) is 6.42 Å². The molecule has 0 aliphatic heterocycles. The van der Waals surface area contributed by atoms with E-state index in [0.717, 1.165) is 25.7 Å². The molecular weight excluding hydrogens is 426 g/mol. The molecule has 0 heterocycles. The van der Waals surface area contributed by atoms with Gasteiger partial charge in [-0.15, -0.1) is 35.5 Å². The molecule has 2 aromatic rings. The summed E-state index contributed by atoms with van der Waals surface area (Å²) in [6, 6.07) is 16.1. The molecule has 4 rings (SSSR count). The number of rotatable bonds is 2. The Morgan fingerprint density at radius 3 is 2.56 bits per heavy atom. The molecule has 0 unspecified atom stereocenters. The van der Waals surface area contributed by atoms with Crippen molar-refractivity contribution in [2.75, 3.05) is 0 Å². The van der Waals surface area contributed by atoms with Crippen molar-refractivity contribution in [2.24, 2.45) is 0 Å². The third-order valence-electron chi connectivity index (χ3n) is 3.94. The molecule has 0 saturated carbocycles. The van der Waals surface area contributed by atoms with Crippen LogP contribution in [-0.4, -0.2) is 0 Å². The van der Waals surface area contributed by atoms with Crippen LogP contribution in [0.15, 0.2) is 54.6 Å². The molecule has 0 bridgehead atoms. The second-order valence-electron chi connectivity index (χ2n) is 5.40. The number of fused-ring (bicyclic) bond motifs is 3. The molecule has 0 nitrogen and oxygen atoms in total. The van der Waals surface area contributed by atoms with E-state index in [9.17, 15) is 0 Å². The summed E-state index contributed by atoms with van der Waals surface area (Å²) in [6.45, 7) is 0. The first-order chi connectivity index (χ1) is 10.9. The van der Waals surface area contributed by atoms with Gasteiger partial charge in [0.2, 0.25) is 0 Å². The van der Waals surface area contributed by atoms with Crippen LogP contribution in [0.1, 0.15) is 29.5 Å². The van der Waals surface area contributed by atoms with Crippen LogP contribution in [0.5, 0.6) is 0 Å². The maximum Gasteiger partial charge on any atom is 4.00 e. The van der Waals surface area contributed by atoms with Gasteiger partial charge in [-0.2, -0.15) is 24.3 Å². The van der Waals surface area contributed by atoms with E-state index in [1.54, 1.807) is 0 Å². The topological polar surface area (TPSA) is 0 Å². The SMILES string of the molecule is C#CCCc1cc[c-]c2c1-c1ccccc1C2.[C-]1=CC=CC1.[Cl-].[Cl-].[Zr+4]. The Labute approximate surface area is 182 Å². The van der Waals surface area contributed by atoms with Crippen LogP contribution in [0.2, 0.25) is 0 Å². The summed E-state index contributed by atoms with van der Waals surface area (Å²) in [6.07, 6.45) is 18.1. The van der Waals surface area contributed by atoms with Crippen LogP contribution in [0.25, 0.3) is 11.1 Å². The Bertz CT molecular complexity index is 760. The number of terminal acetylenes is 1. The maximum atomic E-state index is 5.36. The van der Waals surface area contributed by atoms with Crippen LogP contribution in [0.3, 0.4) is 0 Å². The van der Waals surface area contributed by atoms with Crippen molar-refractivity contribution in [2.45, 2.75) is 25.7 Å². The summed E-state index contributed by atoms with van der Waals surface area (Å²) in [7, 11) is 0. The van der Waals surface area contributed by atoms with E-state index in [0.29, 0.717) is 0 Å². The Morgan fingerprint density at radius 2 is 1.92 bits per heavy atom. The summed E-state index contributed by atoms with van der Waals surface area (Å²) in [5.74, 6) is 2.72. The minimum Gasteiger partial charge on any atom is -1.00 e. The monoisotopic (exact) mass is 442 g/mol. The predicted octanol–water partition coefficient (Wildman–Crippen LogP) is -1.07. The van der Waals surface area contributed by atoms with Crippen molar-refractivity contribution in [3.63, 3.8) is 0 Å². The molecule has 0 N–H and O–H groups in total. The fourth-order valence-corrected chi connectivity index (χ4v) is 2.93. The van der Waals surface area contributed by atoms with Gasteiger partial charge in [-0.05, 0) is 12.8 Å². The minimum absolute atomic E-state index is 0. The summed E-state index contributed by atoms with van der Waals surface area (Å²) >= 11 is 0. The maximum absolute atomic E-state index is 5.36. The summed E-state index contributed by atoms with van der Waals surface area (Å²) in [5, 5.41) is 0. The zero-order chi connectivity index (χ0) is 15.2. The molecular formula is C22H18Cl2Zr. The molecule has 2 aromatic carbocycles. The van der Waals surface area contributed by atoms with Crippen molar-refractivity contribution in [3.05, 3.63) is 83.5 Å². The fourth-order valence-electron chi connectivity index (χ4n) is 2.93. The van der Waals surface area contributed by atoms with Gasteiger partial charge in [0.15, 0.2) is 0 Å². The average Bonchev–Trinajstić information content (AvgIpc) is 3.23. The van der Waals surface area contributed by atoms with Crippen molar-refractivity contribution < 1.29 is 51.0 Å². The Balaban J connectivity index is 0.000000630. The first-order valence-electron chi connectivity index (χ1n) is 7.66. The molecule has 0 fully saturated rings. The van der Waals surface area contributed by atoms with E-state index in [1.165, 1.54) is 27.8 Å². The van der Waals surface area contributed by atoms with Crippen LogP contribution >= 0.6 is 0 Å². The van der Waals surface area contributed by atoms with Gasteiger partial charge in [-0.1, -0.05) is 35.4 Å². The van der Waals surface area contributed by atoms with Gasteiger partial charge in [0.25, 0.3) is 0 Å². The molecule has 0 saturated heterocycles. The molecule has 2 aliphatic carbocycles. The van der Waals surface area contributed by atoms with Crippen LogP contribution < -0.4 is 24.8 Å². The van der Waals surface area contributed by atoms with E-state index >= 15 is 0 Å². The molecule has 0 amide bonds. The zero-order valence-electron chi connectivity index (χ0n) is 13.9. The van der Waals surface area contributed by atoms with Crippen molar-refractivity contribution >= 4 is 0 Å². The van der Waals surface area contributed by atoms with Gasteiger partial charge in [-0.25, -0.2) is 12.2 Å². The summed E-state index contributed by atoms with van der Waals surface area (Å²) in [4.78, 5) is 0. The van der Waals surface area contributed by atoms with Crippen molar-refractivity contribution in [1.82, 2.24) is 0 Å². The Hall–Kier alpha value is -1.06. The molecule has 0 radical (unpaired) electrons. The summed E-state index contributed by atoms with van der Waals surface area (Å²) in [5.41, 5.74) is 6.83. The third-order valence-corrected chi connectivity index (χ3v) is 3.94. The van der Waals surface area contributed by atoms with E-state index in [-0.39, 0.29) is 51.0 Å². The second-order valence-corrected chi connectivity index (χ2v) is 5.40. The van der Waals surface area contributed by atoms with Gasteiger partial charge in [-0.3, -0.25) is 6.08 Å². The number of allylic oxidation sites excluding steroid dienone is 4. The quantitative estimate of drug-likeness (QED) is 0.349. The first kappa shape index (κ1) is 23.9. The molecule has 124 valence electrons.